The Bertz CT molecular complexity index is 257. The summed E-state index contributed by atoms with van der Waals surface area (Å²) in [5.41, 5.74) is 6.48. The summed E-state index contributed by atoms with van der Waals surface area (Å²) in [5.74, 6) is 1.59. The fourth-order valence-electron chi connectivity index (χ4n) is 3.68. The first-order valence-corrected chi connectivity index (χ1v) is 8.52. The predicted octanol–water partition coefficient (Wildman–Crippen LogP) is 3.28. The van der Waals surface area contributed by atoms with Crippen LogP contribution in [0.1, 0.15) is 59.3 Å². The largest absolute Gasteiger partial charge is 0.383 e. The van der Waals surface area contributed by atoms with Crippen molar-refractivity contribution in [2.45, 2.75) is 64.8 Å². The number of nitrogens with zero attached hydrogens (tertiary/aromatic N) is 1. The van der Waals surface area contributed by atoms with Gasteiger partial charge >= 0.3 is 0 Å². The summed E-state index contributed by atoms with van der Waals surface area (Å²) in [5, 5.41) is 0. The van der Waals surface area contributed by atoms with Crippen LogP contribution in [0.4, 0.5) is 0 Å². The van der Waals surface area contributed by atoms with Gasteiger partial charge in [0.2, 0.25) is 0 Å². The molecule has 1 aliphatic rings. The van der Waals surface area contributed by atoms with Crippen LogP contribution in [0.3, 0.4) is 0 Å². The summed E-state index contributed by atoms with van der Waals surface area (Å²) in [7, 11) is 1.79. The van der Waals surface area contributed by atoms with Crippen LogP contribution in [0, 0.1) is 11.8 Å². The number of hydrogen-bond donors (Lipinski definition) is 1. The Hall–Kier alpha value is -0.120. The Morgan fingerprint density at radius 2 is 2.05 bits per heavy atom. The molecule has 20 heavy (non-hydrogen) atoms. The number of hydrogen-bond acceptors (Lipinski definition) is 3. The second-order valence-corrected chi connectivity index (χ2v) is 6.97. The average molecular weight is 284 g/mol. The Labute approximate surface area is 126 Å². The molecular weight excluding hydrogens is 248 g/mol. The molecule has 3 nitrogen and oxygen atoms in total. The molecule has 1 saturated carbocycles. The molecule has 0 radical (unpaired) electrons. The molecule has 0 saturated heterocycles. The van der Waals surface area contributed by atoms with Crippen molar-refractivity contribution in [3.05, 3.63) is 0 Å². The Kier molecular flexibility index (Phi) is 8.08. The first kappa shape index (κ1) is 17.9. The normalized spacial score (nSPS) is 28.1. The summed E-state index contributed by atoms with van der Waals surface area (Å²) in [6.07, 6.45) is 7.91. The van der Waals surface area contributed by atoms with Gasteiger partial charge in [0, 0.05) is 32.3 Å². The van der Waals surface area contributed by atoms with Crippen molar-refractivity contribution in [3.63, 3.8) is 0 Å². The molecule has 0 amide bonds. The minimum atomic E-state index is 0.215. The van der Waals surface area contributed by atoms with Crippen LogP contribution in [0.5, 0.6) is 0 Å². The van der Waals surface area contributed by atoms with Gasteiger partial charge in [-0.25, -0.2) is 0 Å². The van der Waals surface area contributed by atoms with Crippen molar-refractivity contribution in [1.29, 1.82) is 0 Å². The Balaban J connectivity index is 2.79. The molecular formula is C17H36N2O. The summed E-state index contributed by atoms with van der Waals surface area (Å²) in [6.45, 7) is 10.7. The molecule has 120 valence electrons. The molecule has 1 aliphatic carbocycles. The maximum absolute atomic E-state index is 6.26. The van der Waals surface area contributed by atoms with Gasteiger partial charge in [0.05, 0.1) is 6.61 Å². The lowest BCUT2D eigenvalue weighted by molar-refractivity contribution is 0.0385. The van der Waals surface area contributed by atoms with E-state index in [9.17, 15) is 0 Å². The summed E-state index contributed by atoms with van der Waals surface area (Å²) < 4.78 is 5.33. The fraction of sp³-hybridized carbons (Fsp3) is 1.00. The van der Waals surface area contributed by atoms with Crippen molar-refractivity contribution < 1.29 is 4.74 Å². The van der Waals surface area contributed by atoms with Gasteiger partial charge in [-0.1, -0.05) is 40.0 Å². The molecule has 2 N–H and O–H groups in total. The number of ether oxygens (including phenoxy) is 1. The summed E-state index contributed by atoms with van der Waals surface area (Å²) >= 11 is 0. The van der Waals surface area contributed by atoms with Crippen LogP contribution >= 0.6 is 0 Å². The van der Waals surface area contributed by atoms with Crippen molar-refractivity contribution >= 4 is 0 Å². The average Bonchev–Trinajstić information content (AvgIpc) is 2.66. The van der Waals surface area contributed by atoms with E-state index in [4.69, 9.17) is 10.5 Å². The predicted molar refractivity (Wildman–Crippen MR) is 86.9 cm³/mol. The van der Waals surface area contributed by atoms with Crippen molar-refractivity contribution in [1.82, 2.24) is 4.90 Å². The van der Waals surface area contributed by atoms with Crippen LogP contribution in [-0.2, 0) is 4.74 Å². The maximum Gasteiger partial charge on any atom is 0.0589 e. The molecule has 0 bridgehead atoms. The molecule has 0 aromatic carbocycles. The molecule has 1 rings (SSSR count). The van der Waals surface area contributed by atoms with E-state index in [1.54, 1.807) is 7.11 Å². The second-order valence-electron chi connectivity index (χ2n) is 6.97. The van der Waals surface area contributed by atoms with E-state index in [1.165, 1.54) is 38.5 Å². The standard InChI is InChI=1S/C17H36N2O/c1-5-16-7-6-9-17(14-18,10-8-16)19(11-12-20-4)13-15(2)3/h15-16H,5-14,18H2,1-4H3. The zero-order valence-corrected chi connectivity index (χ0v) is 14.2. The van der Waals surface area contributed by atoms with E-state index < -0.39 is 0 Å². The van der Waals surface area contributed by atoms with E-state index in [0.717, 1.165) is 32.2 Å². The molecule has 0 aromatic rings. The Morgan fingerprint density at radius 3 is 2.60 bits per heavy atom. The van der Waals surface area contributed by atoms with Gasteiger partial charge < -0.3 is 10.5 Å². The topological polar surface area (TPSA) is 38.5 Å². The lowest BCUT2D eigenvalue weighted by Crippen LogP contribution is -2.55. The van der Waals surface area contributed by atoms with Crippen molar-refractivity contribution in [2.24, 2.45) is 17.6 Å². The van der Waals surface area contributed by atoms with E-state index in [-0.39, 0.29) is 5.54 Å². The SMILES string of the molecule is CCC1CCCC(CN)(N(CCOC)CC(C)C)CC1. The van der Waals surface area contributed by atoms with Gasteiger partial charge in [0.1, 0.15) is 0 Å². The third kappa shape index (κ3) is 5.01. The highest BCUT2D eigenvalue weighted by molar-refractivity contribution is 4.94. The molecule has 0 spiro atoms. The van der Waals surface area contributed by atoms with Crippen LogP contribution in [0.15, 0.2) is 0 Å². The minimum absolute atomic E-state index is 0.215. The minimum Gasteiger partial charge on any atom is -0.383 e. The van der Waals surface area contributed by atoms with E-state index in [1.807, 2.05) is 0 Å². The zero-order chi connectivity index (χ0) is 15.0. The molecule has 2 atom stereocenters. The number of nitrogens with two attached hydrogens (primary N) is 1. The first-order valence-electron chi connectivity index (χ1n) is 8.52. The van der Waals surface area contributed by atoms with Crippen LogP contribution in [-0.4, -0.2) is 43.8 Å². The van der Waals surface area contributed by atoms with Crippen molar-refractivity contribution in [2.75, 3.05) is 33.4 Å². The Morgan fingerprint density at radius 1 is 1.30 bits per heavy atom. The van der Waals surface area contributed by atoms with Crippen LogP contribution in [0.2, 0.25) is 0 Å². The monoisotopic (exact) mass is 284 g/mol. The molecule has 3 heteroatoms. The van der Waals surface area contributed by atoms with Gasteiger partial charge in [-0.15, -0.1) is 0 Å². The fourth-order valence-corrected chi connectivity index (χ4v) is 3.68. The van der Waals surface area contributed by atoms with Crippen molar-refractivity contribution in [3.8, 4) is 0 Å². The first-order chi connectivity index (χ1) is 9.57. The second kappa shape index (κ2) is 9.01. The quantitative estimate of drug-likeness (QED) is 0.695. The van der Waals surface area contributed by atoms with Gasteiger partial charge in [-0.3, -0.25) is 4.90 Å². The van der Waals surface area contributed by atoms with Gasteiger partial charge in [-0.05, 0) is 31.1 Å². The van der Waals surface area contributed by atoms with Gasteiger partial charge in [0.15, 0.2) is 0 Å². The summed E-state index contributed by atoms with van der Waals surface area (Å²) in [4.78, 5) is 2.64. The van der Waals surface area contributed by atoms with Crippen LogP contribution in [0.25, 0.3) is 0 Å². The lowest BCUT2D eigenvalue weighted by atomic mass is 9.86. The maximum atomic E-state index is 6.26. The molecule has 0 aliphatic heterocycles. The molecule has 0 aromatic heterocycles. The van der Waals surface area contributed by atoms with E-state index in [2.05, 4.69) is 25.7 Å². The third-order valence-corrected chi connectivity index (χ3v) is 5.05. The number of rotatable bonds is 8. The van der Waals surface area contributed by atoms with Crippen LogP contribution < -0.4 is 5.73 Å². The van der Waals surface area contributed by atoms with E-state index in [0.29, 0.717) is 5.92 Å². The molecule has 0 heterocycles. The van der Waals surface area contributed by atoms with E-state index >= 15 is 0 Å². The molecule has 2 unspecified atom stereocenters. The zero-order valence-electron chi connectivity index (χ0n) is 14.2. The highest BCUT2D eigenvalue weighted by Gasteiger charge is 2.37. The molecule has 1 fully saturated rings. The van der Waals surface area contributed by atoms with Gasteiger partial charge in [0.25, 0.3) is 0 Å². The summed E-state index contributed by atoms with van der Waals surface area (Å²) in [6, 6.07) is 0. The highest BCUT2D eigenvalue weighted by Crippen LogP contribution is 2.35. The third-order valence-electron chi connectivity index (χ3n) is 5.05. The highest BCUT2D eigenvalue weighted by atomic mass is 16.5. The smallest absolute Gasteiger partial charge is 0.0589 e. The van der Waals surface area contributed by atoms with Gasteiger partial charge in [-0.2, -0.15) is 0 Å². The number of methoxy groups -OCH3 is 1. The lowest BCUT2D eigenvalue weighted by Gasteiger charge is -2.44.